The normalized spacial score (nSPS) is 17.4. The van der Waals surface area contributed by atoms with Gasteiger partial charge < -0.3 is 19.5 Å². The summed E-state index contributed by atoms with van der Waals surface area (Å²) in [6.07, 6.45) is 2.96. The lowest BCUT2D eigenvalue weighted by Gasteiger charge is -2.38. The smallest absolute Gasteiger partial charge is 0.304 e. The fourth-order valence-corrected chi connectivity index (χ4v) is 5.14. The third kappa shape index (κ3) is 4.64. The zero-order chi connectivity index (χ0) is 22.0. The molecule has 2 aromatic carbocycles. The highest BCUT2D eigenvalue weighted by atomic mass is 35.5. The Labute approximate surface area is 192 Å². The molecular formula is C24H27Cl2NO4. The molecule has 4 rings (SSSR count). The van der Waals surface area contributed by atoms with Crippen LogP contribution >= 0.6 is 23.2 Å². The van der Waals surface area contributed by atoms with Gasteiger partial charge in [0.05, 0.1) is 18.1 Å². The quantitative estimate of drug-likeness (QED) is 0.600. The lowest BCUT2D eigenvalue weighted by molar-refractivity contribution is -0.137. The summed E-state index contributed by atoms with van der Waals surface area (Å²) in [5.41, 5.74) is 3.09. The summed E-state index contributed by atoms with van der Waals surface area (Å²) in [7, 11) is 0. The van der Waals surface area contributed by atoms with E-state index in [4.69, 9.17) is 37.8 Å². The van der Waals surface area contributed by atoms with E-state index >= 15 is 0 Å². The van der Waals surface area contributed by atoms with E-state index in [-0.39, 0.29) is 11.8 Å². The van der Waals surface area contributed by atoms with Crippen LogP contribution in [-0.2, 0) is 23.2 Å². The number of halogens is 2. The van der Waals surface area contributed by atoms with Crippen LogP contribution in [0.15, 0.2) is 30.3 Å². The van der Waals surface area contributed by atoms with Gasteiger partial charge in [-0.05, 0) is 50.0 Å². The van der Waals surface area contributed by atoms with Crippen molar-refractivity contribution in [3.63, 3.8) is 0 Å². The van der Waals surface area contributed by atoms with E-state index < -0.39 is 5.97 Å². The maximum atomic E-state index is 10.8. The lowest BCUT2D eigenvalue weighted by Crippen LogP contribution is -2.44. The highest BCUT2D eigenvalue weighted by Gasteiger charge is 2.43. The van der Waals surface area contributed by atoms with Crippen molar-refractivity contribution in [3.05, 3.63) is 57.1 Å². The molecule has 2 aliphatic heterocycles. The average Bonchev–Trinajstić information content (AvgIpc) is 3.11. The van der Waals surface area contributed by atoms with Crippen LogP contribution < -0.4 is 9.47 Å². The van der Waals surface area contributed by atoms with Crippen LogP contribution in [0, 0.1) is 0 Å². The summed E-state index contributed by atoms with van der Waals surface area (Å²) in [6, 6.07) is 9.85. The predicted octanol–water partition coefficient (Wildman–Crippen LogP) is 5.34. The number of rotatable bonds is 7. The van der Waals surface area contributed by atoms with E-state index in [1.807, 2.05) is 24.3 Å². The molecule has 31 heavy (non-hydrogen) atoms. The Balaban J connectivity index is 1.42. The Morgan fingerprint density at radius 1 is 1.23 bits per heavy atom. The minimum absolute atomic E-state index is 0.00958. The van der Waals surface area contributed by atoms with Crippen molar-refractivity contribution in [1.29, 1.82) is 0 Å². The molecule has 7 heteroatoms. The predicted molar refractivity (Wildman–Crippen MR) is 122 cm³/mol. The first kappa shape index (κ1) is 22.3. The average molecular weight is 464 g/mol. The highest BCUT2D eigenvalue weighted by Crippen LogP contribution is 2.46. The fraction of sp³-hybridized carbons (Fsp3) is 0.458. The van der Waals surface area contributed by atoms with Crippen LogP contribution in [0.5, 0.6) is 11.5 Å². The number of hydrogen-bond donors (Lipinski definition) is 1. The summed E-state index contributed by atoms with van der Waals surface area (Å²) in [5, 5.41) is 10.2. The first-order valence-electron chi connectivity index (χ1n) is 10.7. The van der Waals surface area contributed by atoms with Crippen molar-refractivity contribution >= 4 is 29.2 Å². The van der Waals surface area contributed by atoms with Crippen molar-refractivity contribution in [2.24, 2.45) is 0 Å². The lowest BCUT2D eigenvalue weighted by atomic mass is 9.74. The van der Waals surface area contributed by atoms with E-state index in [2.05, 4.69) is 17.9 Å². The zero-order valence-corrected chi connectivity index (χ0v) is 19.1. The van der Waals surface area contributed by atoms with Crippen molar-refractivity contribution in [2.75, 3.05) is 26.2 Å². The fourth-order valence-electron chi connectivity index (χ4n) is 4.52. The topological polar surface area (TPSA) is 59.0 Å². The number of hydrogen-bond acceptors (Lipinski definition) is 4. The number of ether oxygens (including phenoxy) is 2. The Morgan fingerprint density at radius 3 is 2.71 bits per heavy atom. The molecule has 1 saturated heterocycles. The molecule has 0 aromatic heterocycles. The van der Waals surface area contributed by atoms with E-state index in [0.29, 0.717) is 29.8 Å². The maximum Gasteiger partial charge on any atom is 0.304 e. The largest absolute Gasteiger partial charge is 0.492 e. The Morgan fingerprint density at radius 2 is 2.00 bits per heavy atom. The Bertz CT molecular complexity index is 970. The summed E-state index contributed by atoms with van der Waals surface area (Å²) < 4.78 is 12.1. The Hall–Kier alpha value is -1.95. The molecule has 0 unspecified atom stereocenters. The van der Waals surface area contributed by atoms with Crippen molar-refractivity contribution in [1.82, 2.24) is 4.90 Å². The third-order valence-corrected chi connectivity index (χ3v) is 7.34. The van der Waals surface area contributed by atoms with Gasteiger partial charge in [-0.3, -0.25) is 4.79 Å². The van der Waals surface area contributed by atoms with Crippen LogP contribution in [0.1, 0.15) is 42.9 Å². The maximum absolute atomic E-state index is 10.8. The second kappa shape index (κ2) is 9.27. The monoisotopic (exact) mass is 463 g/mol. The van der Waals surface area contributed by atoms with Crippen LogP contribution in [0.2, 0.25) is 10.0 Å². The number of likely N-dealkylation sites (tertiary alicyclic amines) is 1. The van der Waals surface area contributed by atoms with Gasteiger partial charge in [0.15, 0.2) is 0 Å². The highest BCUT2D eigenvalue weighted by molar-refractivity contribution is 6.36. The first-order chi connectivity index (χ1) is 14.9. The summed E-state index contributed by atoms with van der Waals surface area (Å²) in [4.78, 5) is 13.1. The summed E-state index contributed by atoms with van der Waals surface area (Å²) in [6.45, 7) is 5.40. The van der Waals surface area contributed by atoms with Crippen LogP contribution in [-0.4, -0.2) is 42.2 Å². The SMILES string of the molecule is CCc1ccc(Cl)c(COc2ccc3c(c2)OCC32CCN(CCC(=O)O)CC2)c1Cl. The molecule has 2 aliphatic rings. The van der Waals surface area contributed by atoms with E-state index in [9.17, 15) is 4.79 Å². The molecule has 1 fully saturated rings. The molecule has 0 atom stereocenters. The van der Waals surface area contributed by atoms with E-state index in [1.165, 1.54) is 5.56 Å². The molecule has 1 N–H and O–H groups in total. The van der Waals surface area contributed by atoms with Gasteiger partial charge in [0.1, 0.15) is 18.1 Å². The minimum atomic E-state index is -0.744. The van der Waals surface area contributed by atoms with Gasteiger partial charge in [-0.15, -0.1) is 0 Å². The second-order valence-electron chi connectivity index (χ2n) is 8.35. The van der Waals surface area contributed by atoms with Gasteiger partial charge in [-0.2, -0.15) is 0 Å². The van der Waals surface area contributed by atoms with E-state index in [0.717, 1.165) is 55.0 Å². The standard InChI is InChI=1S/C24H27Cl2NO4/c1-2-16-3-6-20(25)18(23(16)26)14-30-17-4-5-19-21(13-17)31-15-24(19)8-11-27(12-9-24)10-7-22(28)29/h3-6,13H,2,7-12,14-15H2,1H3,(H,28,29). The number of benzene rings is 2. The van der Waals surface area contributed by atoms with Crippen LogP contribution in [0.4, 0.5) is 0 Å². The third-order valence-electron chi connectivity index (χ3n) is 6.51. The van der Waals surface area contributed by atoms with Crippen LogP contribution in [0.3, 0.4) is 0 Å². The number of piperidine rings is 1. The van der Waals surface area contributed by atoms with Gasteiger partial charge in [0, 0.05) is 34.2 Å². The summed E-state index contributed by atoms with van der Waals surface area (Å²) >= 11 is 12.8. The number of carboxylic acid groups (broad SMARTS) is 1. The molecule has 0 bridgehead atoms. The number of aliphatic carboxylic acids is 1. The molecule has 5 nitrogen and oxygen atoms in total. The molecule has 0 aliphatic carbocycles. The van der Waals surface area contributed by atoms with Gasteiger partial charge >= 0.3 is 5.97 Å². The first-order valence-corrected chi connectivity index (χ1v) is 11.5. The number of carboxylic acids is 1. The van der Waals surface area contributed by atoms with Gasteiger partial charge in [-0.25, -0.2) is 0 Å². The number of fused-ring (bicyclic) bond motifs is 2. The Kier molecular flexibility index (Phi) is 6.65. The molecular weight excluding hydrogens is 437 g/mol. The minimum Gasteiger partial charge on any atom is -0.492 e. The second-order valence-corrected chi connectivity index (χ2v) is 9.14. The molecule has 0 amide bonds. The number of carbonyl (C=O) groups is 1. The molecule has 166 valence electrons. The molecule has 2 aromatic rings. The van der Waals surface area contributed by atoms with Crippen molar-refractivity contribution in [3.8, 4) is 11.5 Å². The van der Waals surface area contributed by atoms with Crippen molar-refractivity contribution in [2.45, 2.75) is 44.6 Å². The van der Waals surface area contributed by atoms with Crippen LogP contribution in [0.25, 0.3) is 0 Å². The van der Waals surface area contributed by atoms with Gasteiger partial charge in [0.25, 0.3) is 0 Å². The van der Waals surface area contributed by atoms with E-state index in [1.54, 1.807) is 0 Å². The van der Waals surface area contributed by atoms with Gasteiger partial charge in [0.2, 0.25) is 0 Å². The van der Waals surface area contributed by atoms with Crippen molar-refractivity contribution < 1.29 is 19.4 Å². The molecule has 0 saturated carbocycles. The number of aryl methyl sites for hydroxylation is 1. The molecule has 0 radical (unpaired) electrons. The van der Waals surface area contributed by atoms with Gasteiger partial charge in [-0.1, -0.05) is 42.3 Å². The summed E-state index contributed by atoms with van der Waals surface area (Å²) in [5.74, 6) is 0.853. The molecule has 1 spiro atoms. The zero-order valence-electron chi connectivity index (χ0n) is 17.6. The molecule has 2 heterocycles. The number of nitrogens with zero attached hydrogens (tertiary/aromatic N) is 1.